The molecule has 158 valence electrons. The first kappa shape index (κ1) is 21.9. The number of hydrogen-bond donors (Lipinski definition) is 2. The fourth-order valence-corrected chi connectivity index (χ4v) is 3.71. The van der Waals surface area contributed by atoms with Crippen LogP contribution < -0.4 is 4.74 Å². The van der Waals surface area contributed by atoms with E-state index in [-0.39, 0.29) is 30.0 Å². The van der Waals surface area contributed by atoms with Gasteiger partial charge in [0.1, 0.15) is 18.5 Å². The second-order valence-electron chi connectivity index (χ2n) is 7.30. The van der Waals surface area contributed by atoms with Crippen LogP contribution in [0.15, 0.2) is 48.5 Å². The van der Waals surface area contributed by atoms with Crippen LogP contribution in [0.5, 0.6) is 5.75 Å². The van der Waals surface area contributed by atoms with Crippen LogP contribution in [0.25, 0.3) is 0 Å². The molecule has 1 saturated heterocycles. The molecular weight excluding hydrogens is 407 g/mol. The molecule has 0 spiro atoms. The molecular formula is C21H23ClF3NO3. The van der Waals surface area contributed by atoms with E-state index in [9.17, 15) is 23.4 Å². The molecule has 0 aliphatic carbocycles. The van der Waals surface area contributed by atoms with E-state index >= 15 is 0 Å². The molecule has 1 heterocycles. The number of hydrogen-bond acceptors (Lipinski definition) is 4. The van der Waals surface area contributed by atoms with Crippen molar-refractivity contribution in [1.82, 2.24) is 4.90 Å². The molecule has 1 aliphatic rings. The Balaban J connectivity index is 1.55. The number of nitrogens with zero attached hydrogens (tertiary/aromatic N) is 1. The molecule has 29 heavy (non-hydrogen) atoms. The maximum atomic E-state index is 13.1. The number of piperidine rings is 1. The summed E-state index contributed by atoms with van der Waals surface area (Å²) in [5.74, 6) is 0.669. The van der Waals surface area contributed by atoms with Crippen LogP contribution in [0, 0.1) is 0 Å². The highest BCUT2D eigenvalue weighted by molar-refractivity contribution is 6.31. The second-order valence-corrected chi connectivity index (χ2v) is 7.71. The van der Waals surface area contributed by atoms with Gasteiger partial charge in [-0.25, -0.2) is 0 Å². The highest BCUT2D eigenvalue weighted by atomic mass is 35.5. The average Bonchev–Trinajstić information content (AvgIpc) is 2.68. The monoisotopic (exact) mass is 429 g/mol. The van der Waals surface area contributed by atoms with E-state index in [1.165, 1.54) is 12.1 Å². The Bertz CT molecular complexity index is 809. The van der Waals surface area contributed by atoms with E-state index < -0.39 is 23.4 Å². The van der Waals surface area contributed by atoms with Crippen LogP contribution in [0.2, 0.25) is 5.02 Å². The Kier molecular flexibility index (Phi) is 6.73. The molecule has 0 unspecified atom stereocenters. The normalized spacial score (nSPS) is 18.4. The molecule has 2 aromatic rings. The van der Waals surface area contributed by atoms with Crippen molar-refractivity contribution < 1.29 is 28.1 Å². The van der Waals surface area contributed by atoms with Crippen LogP contribution in [-0.4, -0.2) is 47.5 Å². The van der Waals surface area contributed by atoms with Crippen molar-refractivity contribution in [3.8, 4) is 5.75 Å². The molecule has 1 atom stereocenters. The van der Waals surface area contributed by atoms with E-state index in [0.29, 0.717) is 25.4 Å². The van der Waals surface area contributed by atoms with Crippen LogP contribution in [0.4, 0.5) is 13.2 Å². The van der Waals surface area contributed by atoms with Gasteiger partial charge >= 0.3 is 6.18 Å². The molecule has 0 radical (unpaired) electrons. The Hall–Kier alpha value is -1.80. The van der Waals surface area contributed by atoms with Crippen LogP contribution in [0.3, 0.4) is 0 Å². The second kappa shape index (κ2) is 8.92. The molecule has 2 aromatic carbocycles. The third kappa shape index (κ3) is 5.63. The van der Waals surface area contributed by atoms with Crippen LogP contribution in [-0.2, 0) is 11.8 Å². The van der Waals surface area contributed by atoms with E-state index in [0.717, 1.165) is 6.07 Å². The van der Waals surface area contributed by atoms with Crippen molar-refractivity contribution in [2.45, 2.75) is 30.7 Å². The summed E-state index contributed by atoms with van der Waals surface area (Å²) in [5, 5.41) is 20.7. The molecule has 0 amide bonds. The number of benzene rings is 2. The average molecular weight is 430 g/mol. The minimum Gasteiger partial charge on any atom is -0.491 e. The maximum Gasteiger partial charge on any atom is 0.417 e. The van der Waals surface area contributed by atoms with Crippen molar-refractivity contribution in [3.05, 3.63) is 64.7 Å². The first-order valence-electron chi connectivity index (χ1n) is 9.35. The Morgan fingerprint density at radius 2 is 1.76 bits per heavy atom. The number of likely N-dealkylation sites (tertiary alicyclic amines) is 1. The summed E-state index contributed by atoms with van der Waals surface area (Å²) in [6.45, 7) is 1.39. The number of aliphatic hydroxyl groups excluding tert-OH is 1. The molecule has 1 aliphatic heterocycles. The lowest BCUT2D eigenvalue weighted by atomic mass is 9.83. The summed E-state index contributed by atoms with van der Waals surface area (Å²) >= 11 is 5.67. The van der Waals surface area contributed by atoms with Gasteiger partial charge in [0.2, 0.25) is 0 Å². The molecule has 3 rings (SSSR count). The minimum absolute atomic E-state index is 0.136. The highest BCUT2D eigenvalue weighted by Crippen LogP contribution is 2.39. The van der Waals surface area contributed by atoms with Crippen molar-refractivity contribution >= 4 is 11.6 Å². The number of ether oxygens (including phenoxy) is 1. The van der Waals surface area contributed by atoms with Crippen LogP contribution >= 0.6 is 11.6 Å². The molecule has 8 heteroatoms. The zero-order valence-corrected chi connectivity index (χ0v) is 16.5. The van der Waals surface area contributed by atoms with Crippen LogP contribution in [0.1, 0.15) is 24.0 Å². The summed E-state index contributed by atoms with van der Waals surface area (Å²) in [4.78, 5) is 1.97. The first-order valence-corrected chi connectivity index (χ1v) is 9.73. The zero-order valence-electron chi connectivity index (χ0n) is 15.7. The van der Waals surface area contributed by atoms with Gasteiger partial charge in [0.25, 0.3) is 0 Å². The molecule has 0 bridgehead atoms. The minimum atomic E-state index is -4.58. The molecule has 0 aromatic heterocycles. The van der Waals surface area contributed by atoms with Gasteiger partial charge in [0, 0.05) is 19.6 Å². The van der Waals surface area contributed by atoms with Gasteiger partial charge in [-0.15, -0.1) is 0 Å². The summed E-state index contributed by atoms with van der Waals surface area (Å²) < 4.78 is 44.9. The van der Waals surface area contributed by atoms with Gasteiger partial charge in [-0.3, -0.25) is 0 Å². The lowest BCUT2D eigenvalue weighted by molar-refractivity contribution is -0.137. The van der Waals surface area contributed by atoms with E-state index in [2.05, 4.69) is 0 Å². The van der Waals surface area contributed by atoms with Gasteiger partial charge in [-0.05, 0) is 42.7 Å². The lowest BCUT2D eigenvalue weighted by Gasteiger charge is -2.39. The van der Waals surface area contributed by atoms with Gasteiger partial charge in [0.05, 0.1) is 16.2 Å². The number of para-hydroxylation sites is 1. The molecule has 4 nitrogen and oxygen atoms in total. The summed E-state index contributed by atoms with van der Waals surface area (Å²) in [6, 6.07) is 12.7. The number of halogens is 4. The van der Waals surface area contributed by atoms with Gasteiger partial charge < -0.3 is 19.8 Å². The van der Waals surface area contributed by atoms with Gasteiger partial charge in [-0.1, -0.05) is 35.9 Å². The molecule has 2 N–H and O–H groups in total. The predicted octanol–water partition coefficient (Wildman–Crippen LogP) is 4.08. The van der Waals surface area contributed by atoms with Crippen molar-refractivity contribution in [2.75, 3.05) is 26.2 Å². The third-order valence-electron chi connectivity index (χ3n) is 5.15. The van der Waals surface area contributed by atoms with Crippen molar-refractivity contribution in [1.29, 1.82) is 0 Å². The zero-order chi connectivity index (χ0) is 21.1. The first-order chi connectivity index (χ1) is 13.7. The molecule has 1 fully saturated rings. The van der Waals surface area contributed by atoms with Gasteiger partial charge in [0.15, 0.2) is 0 Å². The summed E-state index contributed by atoms with van der Waals surface area (Å²) in [6.07, 6.45) is -4.77. The van der Waals surface area contributed by atoms with E-state index in [1.807, 2.05) is 23.1 Å². The largest absolute Gasteiger partial charge is 0.491 e. The summed E-state index contributed by atoms with van der Waals surface area (Å²) in [7, 11) is 0. The van der Waals surface area contributed by atoms with E-state index in [4.69, 9.17) is 16.3 Å². The number of rotatable bonds is 6. The Morgan fingerprint density at radius 3 is 2.38 bits per heavy atom. The molecule has 0 saturated carbocycles. The topological polar surface area (TPSA) is 52.9 Å². The van der Waals surface area contributed by atoms with Gasteiger partial charge in [-0.2, -0.15) is 13.2 Å². The maximum absolute atomic E-state index is 13.1. The van der Waals surface area contributed by atoms with E-state index in [1.54, 1.807) is 12.1 Å². The number of alkyl halides is 3. The SMILES string of the molecule is O[C@H](COc1ccccc1)CN1CCC(O)(c2ccc(Cl)c(C(F)(F)F)c2)CC1. The lowest BCUT2D eigenvalue weighted by Crippen LogP contribution is -2.46. The Morgan fingerprint density at radius 1 is 1.10 bits per heavy atom. The third-order valence-corrected chi connectivity index (χ3v) is 5.48. The standard InChI is InChI=1S/C21H23ClF3NO3/c22-19-7-6-15(12-18(19)21(23,24)25)20(28)8-10-26(11-9-20)13-16(27)14-29-17-4-2-1-3-5-17/h1-7,12,16,27-28H,8-11,13-14H2/t16-/m0/s1. The quantitative estimate of drug-likeness (QED) is 0.726. The summed E-state index contributed by atoms with van der Waals surface area (Å²) in [5.41, 5.74) is -2.09. The number of aliphatic hydroxyl groups is 2. The number of β-amino-alcohol motifs (C(OH)–C–C–N with tert-alkyl or cyclic N) is 1. The highest BCUT2D eigenvalue weighted by Gasteiger charge is 2.38. The smallest absolute Gasteiger partial charge is 0.417 e. The fourth-order valence-electron chi connectivity index (χ4n) is 3.49. The fraction of sp³-hybridized carbons (Fsp3) is 0.429. The predicted molar refractivity (Wildman–Crippen MR) is 104 cm³/mol. The Labute approximate surface area is 172 Å². The van der Waals surface area contributed by atoms with Crippen molar-refractivity contribution in [2.24, 2.45) is 0 Å². The van der Waals surface area contributed by atoms with Crippen molar-refractivity contribution in [3.63, 3.8) is 0 Å².